The van der Waals surface area contributed by atoms with Crippen molar-refractivity contribution in [3.8, 4) is 0 Å². The van der Waals surface area contributed by atoms with Gasteiger partial charge in [0.1, 0.15) is 17.2 Å². The minimum Gasteiger partial charge on any atom is -0.459 e. The smallest absolute Gasteiger partial charge is 0.134 e. The van der Waals surface area contributed by atoms with Gasteiger partial charge in [-0.2, -0.15) is 0 Å². The maximum Gasteiger partial charge on any atom is 0.134 e. The highest BCUT2D eigenvalue weighted by molar-refractivity contribution is 5.77. The summed E-state index contributed by atoms with van der Waals surface area (Å²) < 4.78 is 8.19. The molecule has 0 saturated heterocycles. The number of aromatic nitrogens is 2. The van der Waals surface area contributed by atoms with Crippen LogP contribution in [0.4, 0.5) is 0 Å². The first-order chi connectivity index (χ1) is 10.3. The predicted molar refractivity (Wildman–Crippen MR) is 80.6 cm³/mol. The van der Waals surface area contributed by atoms with Crippen LogP contribution in [0.5, 0.6) is 0 Å². The lowest BCUT2D eigenvalue weighted by atomic mass is 10.1. The van der Waals surface area contributed by atoms with Gasteiger partial charge in [0.15, 0.2) is 0 Å². The van der Waals surface area contributed by atoms with E-state index in [9.17, 15) is 0 Å². The Morgan fingerprint density at radius 3 is 3.05 bits per heavy atom. The molecule has 0 aliphatic carbocycles. The highest BCUT2D eigenvalue weighted by atomic mass is 16.3. The molecule has 0 radical (unpaired) electrons. The van der Waals surface area contributed by atoms with Gasteiger partial charge in [-0.1, -0.05) is 18.2 Å². The number of rotatable bonds is 3. The van der Waals surface area contributed by atoms with E-state index in [1.807, 2.05) is 30.6 Å². The Hall–Kier alpha value is -2.11. The lowest BCUT2D eigenvalue weighted by molar-refractivity contribution is 0.141. The summed E-state index contributed by atoms with van der Waals surface area (Å²) in [4.78, 5) is 6.76. The Bertz CT molecular complexity index is 727. The number of fused-ring (bicyclic) bond motifs is 2. The summed E-state index contributed by atoms with van der Waals surface area (Å²) in [6.45, 7) is 3.26. The minimum atomic E-state index is 0.0999. The van der Waals surface area contributed by atoms with Gasteiger partial charge in [0, 0.05) is 37.4 Å². The maximum absolute atomic E-state index is 6.02. The fourth-order valence-corrected chi connectivity index (χ4v) is 3.07. The van der Waals surface area contributed by atoms with Gasteiger partial charge in [0.2, 0.25) is 0 Å². The number of nitrogens with zero attached hydrogens (tertiary/aromatic N) is 3. The zero-order valence-electron chi connectivity index (χ0n) is 11.8. The highest BCUT2D eigenvalue weighted by Crippen LogP contribution is 2.29. The molecule has 1 aliphatic heterocycles. The van der Waals surface area contributed by atoms with Crippen LogP contribution in [0.3, 0.4) is 0 Å². The van der Waals surface area contributed by atoms with Crippen LogP contribution in [-0.2, 0) is 13.1 Å². The number of hydrogen-bond acceptors (Lipinski definition) is 4. The van der Waals surface area contributed by atoms with Crippen molar-refractivity contribution in [1.29, 1.82) is 0 Å². The molecule has 1 unspecified atom stereocenters. The van der Waals surface area contributed by atoms with Crippen molar-refractivity contribution in [3.63, 3.8) is 0 Å². The fourth-order valence-electron chi connectivity index (χ4n) is 3.07. The molecule has 0 amide bonds. The molecule has 5 heteroatoms. The fraction of sp³-hybridized carbons (Fsp3) is 0.312. The normalized spacial score (nSPS) is 17.0. The van der Waals surface area contributed by atoms with Crippen molar-refractivity contribution in [1.82, 2.24) is 14.5 Å². The lowest BCUT2D eigenvalue weighted by Crippen LogP contribution is -2.39. The third-order valence-electron chi connectivity index (χ3n) is 4.21. The van der Waals surface area contributed by atoms with E-state index in [-0.39, 0.29) is 6.04 Å². The molecule has 1 aliphatic rings. The van der Waals surface area contributed by atoms with Gasteiger partial charge in [0.05, 0.1) is 12.6 Å². The standard InChI is InChI=1S/C16H18N4O/c17-10-13(15-9-12-3-1-2-4-14(12)21-15)20-8-7-19-6-5-18-16(19)11-20/h1-6,9,13H,7-8,10-11,17H2. The molecule has 0 saturated carbocycles. The van der Waals surface area contributed by atoms with Crippen molar-refractivity contribution >= 4 is 11.0 Å². The van der Waals surface area contributed by atoms with Gasteiger partial charge in [0.25, 0.3) is 0 Å². The topological polar surface area (TPSA) is 60.2 Å². The molecule has 0 fully saturated rings. The van der Waals surface area contributed by atoms with E-state index in [4.69, 9.17) is 10.2 Å². The first-order valence-corrected chi connectivity index (χ1v) is 7.28. The molecule has 3 heterocycles. The molecule has 1 aromatic carbocycles. The highest BCUT2D eigenvalue weighted by Gasteiger charge is 2.26. The SMILES string of the molecule is NCC(c1cc2ccccc2o1)N1CCn2ccnc2C1. The van der Waals surface area contributed by atoms with E-state index < -0.39 is 0 Å². The lowest BCUT2D eigenvalue weighted by Gasteiger charge is -2.32. The molecule has 5 nitrogen and oxygen atoms in total. The number of hydrogen-bond donors (Lipinski definition) is 1. The Morgan fingerprint density at radius 2 is 2.19 bits per heavy atom. The third kappa shape index (κ3) is 2.14. The second-order valence-electron chi connectivity index (χ2n) is 5.45. The second-order valence-corrected chi connectivity index (χ2v) is 5.45. The zero-order chi connectivity index (χ0) is 14.2. The van der Waals surface area contributed by atoms with E-state index in [2.05, 4.69) is 26.6 Å². The van der Waals surface area contributed by atoms with Gasteiger partial charge in [-0.05, 0) is 12.1 Å². The zero-order valence-corrected chi connectivity index (χ0v) is 11.8. The number of benzene rings is 1. The van der Waals surface area contributed by atoms with E-state index in [0.717, 1.165) is 42.2 Å². The van der Waals surface area contributed by atoms with Gasteiger partial charge >= 0.3 is 0 Å². The van der Waals surface area contributed by atoms with Crippen LogP contribution < -0.4 is 5.73 Å². The number of para-hydroxylation sites is 1. The molecule has 4 rings (SSSR count). The molecular weight excluding hydrogens is 264 g/mol. The van der Waals surface area contributed by atoms with E-state index >= 15 is 0 Å². The number of furan rings is 1. The van der Waals surface area contributed by atoms with Crippen molar-refractivity contribution in [2.45, 2.75) is 19.1 Å². The minimum absolute atomic E-state index is 0.0999. The summed E-state index contributed by atoms with van der Waals surface area (Å²) in [6.07, 6.45) is 3.89. The first kappa shape index (κ1) is 12.6. The quantitative estimate of drug-likeness (QED) is 0.799. The van der Waals surface area contributed by atoms with Crippen LogP contribution in [0, 0.1) is 0 Å². The van der Waals surface area contributed by atoms with E-state index in [1.165, 1.54) is 0 Å². The molecule has 1 atom stereocenters. The van der Waals surface area contributed by atoms with E-state index in [0.29, 0.717) is 6.54 Å². The maximum atomic E-state index is 6.02. The van der Waals surface area contributed by atoms with Crippen LogP contribution >= 0.6 is 0 Å². The summed E-state index contributed by atoms with van der Waals surface area (Å²) in [5, 5.41) is 1.13. The largest absolute Gasteiger partial charge is 0.459 e. The Balaban J connectivity index is 1.65. The first-order valence-electron chi connectivity index (χ1n) is 7.28. The molecule has 3 aromatic rings. The predicted octanol–water partition coefficient (Wildman–Crippen LogP) is 2.14. The summed E-state index contributed by atoms with van der Waals surface area (Å²) in [5.41, 5.74) is 6.94. The van der Waals surface area contributed by atoms with Crippen molar-refractivity contribution in [2.75, 3.05) is 13.1 Å². The van der Waals surface area contributed by atoms with Gasteiger partial charge in [-0.3, -0.25) is 4.90 Å². The molecule has 0 bridgehead atoms. The Morgan fingerprint density at radius 1 is 1.29 bits per heavy atom. The van der Waals surface area contributed by atoms with Crippen LogP contribution in [0.1, 0.15) is 17.6 Å². The summed E-state index contributed by atoms with van der Waals surface area (Å²) in [7, 11) is 0. The van der Waals surface area contributed by atoms with Crippen LogP contribution in [0.2, 0.25) is 0 Å². The van der Waals surface area contributed by atoms with Crippen LogP contribution in [0.25, 0.3) is 11.0 Å². The van der Waals surface area contributed by atoms with Crippen molar-refractivity contribution < 1.29 is 4.42 Å². The molecular formula is C16H18N4O. The van der Waals surface area contributed by atoms with Crippen LogP contribution in [-0.4, -0.2) is 27.5 Å². The molecule has 0 spiro atoms. The summed E-state index contributed by atoms with van der Waals surface area (Å²) in [6, 6.07) is 10.3. The van der Waals surface area contributed by atoms with Gasteiger partial charge in [-0.15, -0.1) is 0 Å². The van der Waals surface area contributed by atoms with Crippen molar-refractivity contribution in [2.24, 2.45) is 5.73 Å². The summed E-state index contributed by atoms with van der Waals surface area (Å²) in [5.74, 6) is 2.04. The van der Waals surface area contributed by atoms with E-state index in [1.54, 1.807) is 0 Å². The molecule has 2 N–H and O–H groups in total. The van der Waals surface area contributed by atoms with Gasteiger partial charge in [-0.25, -0.2) is 4.98 Å². The molecule has 108 valence electrons. The average Bonchev–Trinajstić information content (AvgIpc) is 3.13. The van der Waals surface area contributed by atoms with Gasteiger partial charge < -0.3 is 14.7 Å². The number of imidazole rings is 1. The monoisotopic (exact) mass is 282 g/mol. The average molecular weight is 282 g/mol. The second kappa shape index (κ2) is 5.02. The molecule has 2 aromatic heterocycles. The third-order valence-corrected chi connectivity index (χ3v) is 4.21. The molecule has 21 heavy (non-hydrogen) atoms. The van der Waals surface area contributed by atoms with Crippen LogP contribution in [0.15, 0.2) is 47.1 Å². The van der Waals surface area contributed by atoms with Crippen molar-refractivity contribution in [3.05, 3.63) is 54.3 Å². The Labute approximate surface area is 123 Å². The summed E-state index contributed by atoms with van der Waals surface area (Å²) >= 11 is 0. The number of nitrogens with two attached hydrogens (primary N) is 1. The Kier molecular flexibility index (Phi) is 3.02.